The van der Waals surface area contributed by atoms with Crippen LogP contribution in [0.1, 0.15) is 25.0 Å². The van der Waals surface area contributed by atoms with Gasteiger partial charge in [-0.15, -0.1) is 0 Å². The number of hydrogen-bond donors (Lipinski definition) is 1. The Bertz CT molecular complexity index is 431. The number of anilines is 1. The van der Waals surface area contributed by atoms with Gasteiger partial charge in [0.25, 0.3) is 5.91 Å². The number of fused-ring (bicyclic) bond motifs is 1. The Balaban J connectivity index is 1.69. The van der Waals surface area contributed by atoms with Crippen LogP contribution in [-0.2, 0) is 9.53 Å². The van der Waals surface area contributed by atoms with Crippen LogP contribution >= 0.6 is 0 Å². The largest absolute Gasteiger partial charge is 0.368 e. The van der Waals surface area contributed by atoms with Gasteiger partial charge < -0.3 is 10.1 Å². The molecule has 3 atom stereocenters. The second-order valence-corrected chi connectivity index (χ2v) is 4.80. The van der Waals surface area contributed by atoms with Crippen molar-refractivity contribution in [2.24, 2.45) is 11.8 Å². The summed E-state index contributed by atoms with van der Waals surface area (Å²) >= 11 is 0. The average molecular weight is 237 g/mol. The highest BCUT2D eigenvalue weighted by molar-refractivity contribution is 5.94. The first kappa shape index (κ1) is 10.7. The van der Waals surface area contributed by atoms with Crippen molar-refractivity contribution in [3.8, 4) is 0 Å². The third-order valence-electron chi connectivity index (χ3n) is 3.75. The zero-order valence-corrected chi connectivity index (χ0v) is 9.68. The maximum Gasteiger partial charge on any atom is 0.255 e. The van der Waals surface area contributed by atoms with Gasteiger partial charge in [-0.05, 0) is 36.8 Å². The molecule has 2 heterocycles. The highest BCUT2D eigenvalue weighted by Crippen LogP contribution is 2.40. The van der Waals surface area contributed by atoms with Crippen molar-refractivity contribution >= 4 is 11.7 Å². The number of rotatable bonds is 2. The lowest BCUT2D eigenvalue weighted by Gasteiger charge is -2.15. The number of carbonyl (C=O) groups is 1. The highest BCUT2D eigenvalue weighted by Gasteiger charge is 2.44. The van der Waals surface area contributed by atoms with Gasteiger partial charge in [0.05, 0.1) is 6.61 Å². The Morgan fingerprint density at radius 2 is 2.29 bits per heavy atom. The highest BCUT2D eigenvalue weighted by atomic mass is 16.6. The molecule has 1 aromatic heterocycles. The van der Waals surface area contributed by atoms with Crippen LogP contribution in [0.25, 0.3) is 0 Å². The molecule has 0 aromatic carbocycles. The fourth-order valence-corrected chi connectivity index (χ4v) is 2.82. The lowest BCUT2D eigenvalue weighted by atomic mass is 9.94. The maximum absolute atomic E-state index is 12.1. The first-order valence-electron chi connectivity index (χ1n) is 5.97. The van der Waals surface area contributed by atoms with Crippen molar-refractivity contribution in [3.05, 3.63) is 5.69 Å². The molecule has 1 aromatic rings. The Morgan fingerprint density at radius 1 is 1.41 bits per heavy atom. The molecule has 0 spiro atoms. The minimum atomic E-state index is -0.335. The minimum Gasteiger partial charge on any atom is -0.368 e. The molecular weight excluding hydrogens is 222 g/mol. The summed E-state index contributed by atoms with van der Waals surface area (Å²) in [5.74, 6) is 1.19. The van der Waals surface area contributed by atoms with Crippen LogP contribution in [0.4, 0.5) is 5.82 Å². The van der Waals surface area contributed by atoms with E-state index in [1.165, 1.54) is 12.8 Å². The fraction of sp³-hybridized carbons (Fsp3) is 0.727. The van der Waals surface area contributed by atoms with Gasteiger partial charge in [0.15, 0.2) is 5.82 Å². The summed E-state index contributed by atoms with van der Waals surface area (Å²) in [7, 11) is 0. The quantitative estimate of drug-likeness (QED) is 0.834. The average Bonchev–Trinajstić information content (AvgIpc) is 2.94. The number of hydrogen-bond acceptors (Lipinski definition) is 5. The molecule has 92 valence electrons. The van der Waals surface area contributed by atoms with Crippen LogP contribution in [-0.4, -0.2) is 28.9 Å². The lowest BCUT2D eigenvalue weighted by Crippen LogP contribution is -2.32. The molecule has 6 nitrogen and oxygen atoms in total. The van der Waals surface area contributed by atoms with Gasteiger partial charge in [0.1, 0.15) is 11.8 Å². The summed E-state index contributed by atoms with van der Waals surface area (Å²) in [6.07, 6.45) is 3.13. The van der Waals surface area contributed by atoms with Crippen LogP contribution in [0, 0.1) is 18.8 Å². The molecule has 3 rings (SSSR count). The summed E-state index contributed by atoms with van der Waals surface area (Å²) in [6, 6.07) is 0. The Kier molecular flexibility index (Phi) is 2.58. The van der Waals surface area contributed by atoms with E-state index in [1.54, 1.807) is 6.92 Å². The number of nitrogens with zero attached hydrogens (tertiary/aromatic N) is 2. The fourth-order valence-electron chi connectivity index (χ4n) is 2.82. The van der Waals surface area contributed by atoms with Gasteiger partial charge in [0.2, 0.25) is 0 Å². The normalized spacial score (nSPS) is 31.5. The summed E-state index contributed by atoms with van der Waals surface area (Å²) < 4.78 is 10.1. The van der Waals surface area contributed by atoms with Gasteiger partial charge >= 0.3 is 0 Å². The predicted molar refractivity (Wildman–Crippen MR) is 58.2 cm³/mol. The topological polar surface area (TPSA) is 77.3 Å². The maximum atomic E-state index is 12.1. The van der Waals surface area contributed by atoms with E-state index in [-0.39, 0.29) is 12.0 Å². The first-order chi connectivity index (χ1) is 8.25. The first-order valence-corrected chi connectivity index (χ1v) is 5.97. The third-order valence-corrected chi connectivity index (χ3v) is 3.75. The summed E-state index contributed by atoms with van der Waals surface area (Å²) in [6.45, 7) is 2.44. The van der Waals surface area contributed by atoms with E-state index < -0.39 is 0 Å². The van der Waals surface area contributed by atoms with E-state index in [1.807, 2.05) is 0 Å². The van der Waals surface area contributed by atoms with E-state index in [2.05, 4.69) is 20.3 Å². The molecular formula is C11H15N3O3. The molecule has 6 heteroatoms. The standard InChI is InChI=1S/C11H15N3O3/c1-6-10(14-17-13-6)12-11(15)9-8-4-2-3-7(8)5-16-9/h7-9H,2-5H2,1H3,(H,12,14,15)/t7-,8-,9+/m0/s1. The van der Waals surface area contributed by atoms with Gasteiger partial charge in [-0.1, -0.05) is 11.6 Å². The van der Waals surface area contributed by atoms with E-state index >= 15 is 0 Å². The molecule has 17 heavy (non-hydrogen) atoms. The molecule has 1 saturated heterocycles. The molecule has 1 N–H and O–H groups in total. The molecule has 1 amide bonds. The molecule has 1 saturated carbocycles. The van der Waals surface area contributed by atoms with E-state index in [4.69, 9.17) is 4.74 Å². The van der Waals surface area contributed by atoms with Crippen molar-refractivity contribution in [1.29, 1.82) is 0 Å². The van der Waals surface area contributed by atoms with Gasteiger partial charge in [-0.3, -0.25) is 4.79 Å². The molecule has 0 bridgehead atoms. The van der Waals surface area contributed by atoms with Crippen molar-refractivity contribution in [2.75, 3.05) is 11.9 Å². The Morgan fingerprint density at radius 3 is 3.06 bits per heavy atom. The minimum absolute atomic E-state index is 0.127. The van der Waals surface area contributed by atoms with Crippen molar-refractivity contribution < 1.29 is 14.2 Å². The van der Waals surface area contributed by atoms with Gasteiger partial charge in [-0.2, -0.15) is 0 Å². The Hall–Kier alpha value is -1.43. The second-order valence-electron chi connectivity index (χ2n) is 4.80. The van der Waals surface area contributed by atoms with Crippen LogP contribution in [0.2, 0.25) is 0 Å². The van der Waals surface area contributed by atoms with Crippen molar-refractivity contribution in [1.82, 2.24) is 10.3 Å². The number of aromatic nitrogens is 2. The number of amides is 1. The van der Waals surface area contributed by atoms with Crippen LogP contribution in [0.15, 0.2) is 4.63 Å². The zero-order chi connectivity index (χ0) is 11.8. The summed E-state index contributed by atoms with van der Waals surface area (Å²) in [4.78, 5) is 12.1. The summed E-state index contributed by atoms with van der Waals surface area (Å²) in [5.41, 5.74) is 0.583. The van der Waals surface area contributed by atoms with Crippen molar-refractivity contribution in [2.45, 2.75) is 32.3 Å². The monoisotopic (exact) mass is 237 g/mol. The summed E-state index contributed by atoms with van der Waals surface area (Å²) in [5, 5.41) is 9.97. The van der Waals surface area contributed by atoms with Crippen LogP contribution in [0.3, 0.4) is 0 Å². The molecule has 0 radical (unpaired) electrons. The molecule has 2 fully saturated rings. The van der Waals surface area contributed by atoms with Gasteiger partial charge in [-0.25, -0.2) is 4.63 Å². The number of ether oxygens (including phenoxy) is 1. The lowest BCUT2D eigenvalue weighted by molar-refractivity contribution is -0.126. The smallest absolute Gasteiger partial charge is 0.255 e. The second kappa shape index (κ2) is 4.10. The number of aryl methyl sites for hydroxylation is 1. The number of carbonyl (C=O) groups excluding carboxylic acids is 1. The molecule has 2 aliphatic rings. The van der Waals surface area contributed by atoms with Crippen molar-refractivity contribution in [3.63, 3.8) is 0 Å². The number of nitrogens with one attached hydrogen (secondary N) is 1. The molecule has 1 aliphatic heterocycles. The molecule has 1 aliphatic carbocycles. The van der Waals surface area contributed by atoms with E-state index in [0.717, 1.165) is 6.42 Å². The zero-order valence-electron chi connectivity index (χ0n) is 9.68. The Labute approximate surface area is 98.7 Å². The van der Waals surface area contributed by atoms with Crippen LogP contribution < -0.4 is 5.32 Å². The predicted octanol–water partition coefficient (Wildman–Crippen LogP) is 1.13. The molecule has 0 unspecified atom stereocenters. The SMILES string of the molecule is Cc1nonc1NC(=O)[C@@H]1OC[C@@H]2CCC[C@@H]21. The van der Waals surface area contributed by atoms with Crippen LogP contribution in [0.5, 0.6) is 0 Å². The van der Waals surface area contributed by atoms with Gasteiger partial charge in [0, 0.05) is 0 Å². The van der Waals surface area contributed by atoms with E-state index in [0.29, 0.717) is 30.0 Å². The third kappa shape index (κ3) is 1.82. The van der Waals surface area contributed by atoms with E-state index in [9.17, 15) is 4.79 Å².